The van der Waals surface area contributed by atoms with E-state index in [1.165, 1.54) is 6.26 Å². The number of aliphatic imine (C=N–C) groups is 1. The van der Waals surface area contributed by atoms with Gasteiger partial charge in [0, 0.05) is 36.8 Å². The molecule has 1 aromatic carbocycles. The Labute approximate surface area is 193 Å². The number of pyridine rings is 1. The summed E-state index contributed by atoms with van der Waals surface area (Å²) < 4.78 is 5.20. The molecule has 3 N–H and O–H groups in total. The monoisotopic (exact) mass is 521 g/mol. The van der Waals surface area contributed by atoms with Gasteiger partial charge in [-0.15, -0.1) is 24.0 Å². The number of carbonyl (C=O) groups is 1. The molecular weight excluding hydrogens is 493 g/mol. The van der Waals surface area contributed by atoms with Crippen molar-refractivity contribution >= 4 is 46.7 Å². The minimum atomic E-state index is -0.183. The summed E-state index contributed by atoms with van der Waals surface area (Å²) in [6.07, 6.45) is 4.11. The molecule has 0 bridgehead atoms. The number of aromatic nitrogens is 1. The molecular formula is C22H28IN5O2. The van der Waals surface area contributed by atoms with Gasteiger partial charge in [-0.05, 0) is 44.0 Å². The third-order valence-corrected chi connectivity index (χ3v) is 4.49. The van der Waals surface area contributed by atoms with Crippen LogP contribution in [0.3, 0.4) is 0 Å². The van der Waals surface area contributed by atoms with Crippen molar-refractivity contribution in [2.45, 2.75) is 26.8 Å². The molecule has 0 aliphatic rings. The van der Waals surface area contributed by atoms with E-state index >= 15 is 0 Å². The van der Waals surface area contributed by atoms with Crippen LogP contribution in [0.15, 0.2) is 58.3 Å². The molecule has 0 atom stereocenters. The van der Waals surface area contributed by atoms with Crippen LogP contribution in [0.4, 0.5) is 0 Å². The number of amides is 1. The Morgan fingerprint density at radius 1 is 1.10 bits per heavy atom. The number of para-hydroxylation sites is 1. The summed E-state index contributed by atoms with van der Waals surface area (Å²) in [6, 6.07) is 11.9. The number of fused-ring (bicyclic) bond motifs is 1. The molecule has 0 fully saturated rings. The normalized spacial score (nSPS) is 11.1. The van der Waals surface area contributed by atoms with Gasteiger partial charge in [-0.2, -0.15) is 0 Å². The number of benzene rings is 1. The Balaban J connectivity index is 0.00000320. The van der Waals surface area contributed by atoms with Crippen LogP contribution in [0.25, 0.3) is 10.9 Å². The van der Waals surface area contributed by atoms with Gasteiger partial charge < -0.3 is 20.4 Å². The average molecular weight is 521 g/mol. The fourth-order valence-electron chi connectivity index (χ4n) is 2.98. The molecule has 0 aliphatic carbocycles. The largest absolute Gasteiger partial charge is 0.459 e. The van der Waals surface area contributed by atoms with E-state index in [0.717, 1.165) is 41.0 Å². The highest BCUT2D eigenvalue weighted by Gasteiger charge is 2.11. The van der Waals surface area contributed by atoms with Crippen LogP contribution in [0.5, 0.6) is 0 Å². The summed E-state index contributed by atoms with van der Waals surface area (Å²) in [7, 11) is 0. The topological polar surface area (TPSA) is 91.5 Å². The lowest BCUT2D eigenvalue weighted by Gasteiger charge is -2.12. The highest BCUT2D eigenvalue weighted by Crippen LogP contribution is 2.16. The van der Waals surface area contributed by atoms with Crippen molar-refractivity contribution in [3.8, 4) is 0 Å². The van der Waals surface area contributed by atoms with Crippen molar-refractivity contribution in [3.05, 3.63) is 65.7 Å². The zero-order valence-corrected chi connectivity index (χ0v) is 19.6. The SMILES string of the molecule is CCNC(=NCc1ccnc2ccccc12)NCCCNC(=O)c1occc1C.I. The number of rotatable bonds is 8. The van der Waals surface area contributed by atoms with Gasteiger partial charge >= 0.3 is 0 Å². The molecule has 1 amide bonds. The second kappa shape index (κ2) is 12.2. The molecule has 0 saturated heterocycles. The first-order valence-corrected chi connectivity index (χ1v) is 9.86. The van der Waals surface area contributed by atoms with Crippen LogP contribution >= 0.6 is 24.0 Å². The van der Waals surface area contributed by atoms with E-state index in [2.05, 4.69) is 32.0 Å². The lowest BCUT2D eigenvalue weighted by atomic mass is 10.1. The maximum absolute atomic E-state index is 12.0. The first kappa shape index (κ1) is 23.7. The number of nitrogens with zero attached hydrogens (tertiary/aromatic N) is 2. The number of furan rings is 1. The maximum atomic E-state index is 12.0. The standard InChI is InChI=1S/C22H27N5O2.HI/c1-3-23-22(26-12-6-11-25-21(28)20-16(2)10-14-29-20)27-15-17-9-13-24-19-8-5-4-7-18(17)19;/h4-5,7-10,13-14H,3,6,11-12,15H2,1-2H3,(H,25,28)(H2,23,26,27);1H. The van der Waals surface area contributed by atoms with Gasteiger partial charge in [0.25, 0.3) is 5.91 Å². The zero-order chi connectivity index (χ0) is 20.5. The molecule has 0 saturated carbocycles. The fraction of sp³-hybridized carbons (Fsp3) is 0.318. The number of nitrogens with one attached hydrogen (secondary N) is 3. The zero-order valence-electron chi connectivity index (χ0n) is 17.3. The quantitative estimate of drug-likeness (QED) is 0.182. The van der Waals surface area contributed by atoms with Crippen LogP contribution < -0.4 is 16.0 Å². The third kappa shape index (κ3) is 6.45. The third-order valence-electron chi connectivity index (χ3n) is 4.49. The number of hydrogen-bond acceptors (Lipinski definition) is 4. The Morgan fingerprint density at radius 2 is 1.90 bits per heavy atom. The fourth-order valence-corrected chi connectivity index (χ4v) is 2.98. The van der Waals surface area contributed by atoms with E-state index in [9.17, 15) is 4.79 Å². The summed E-state index contributed by atoms with van der Waals surface area (Å²) >= 11 is 0. The molecule has 0 radical (unpaired) electrons. The Hall–Kier alpha value is -2.62. The predicted octanol–water partition coefficient (Wildman–Crippen LogP) is 3.63. The van der Waals surface area contributed by atoms with Crippen molar-refractivity contribution in [1.82, 2.24) is 20.9 Å². The Kier molecular flexibility index (Phi) is 9.59. The molecule has 160 valence electrons. The van der Waals surface area contributed by atoms with E-state index in [1.807, 2.05) is 44.3 Å². The number of hydrogen-bond donors (Lipinski definition) is 3. The minimum Gasteiger partial charge on any atom is -0.459 e. The molecule has 30 heavy (non-hydrogen) atoms. The van der Waals surface area contributed by atoms with Gasteiger partial charge in [0.2, 0.25) is 0 Å². The number of halogens is 1. The van der Waals surface area contributed by atoms with E-state index < -0.39 is 0 Å². The molecule has 2 heterocycles. The van der Waals surface area contributed by atoms with Gasteiger partial charge in [0.05, 0.1) is 18.3 Å². The molecule has 7 nitrogen and oxygen atoms in total. The summed E-state index contributed by atoms with van der Waals surface area (Å²) in [5.74, 6) is 0.941. The van der Waals surface area contributed by atoms with E-state index in [1.54, 1.807) is 6.07 Å². The van der Waals surface area contributed by atoms with Crippen LogP contribution in [0.2, 0.25) is 0 Å². The second-order valence-electron chi connectivity index (χ2n) is 6.65. The molecule has 2 aromatic heterocycles. The summed E-state index contributed by atoms with van der Waals surface area (Å²) in [6.45, 7) is 6.47. The number of guanidine groups is 1. The second-order valence-corrected chi connectivity index (χ2v) is 6.65. The lowest BCUT2D eigenvalue weighted by Crippen LogP contribution is -2.38. The molecule has 0 unspecified atom stereocenters. The molecule has 8 heteroatoms. The maximum Gasteiger partial charge on any atom is 0.287 e. The van der Waals surface area contributed by atoms with E-state index in [4.69, 9.17) is 4.42 Å². The van der Waals surface area contributed by atoms with Crippen LogP contribution in [-0.4, -0.2) is 36.5 Å². The van der Waals surface area contributed by atoms with E-state index in [-0.39, 0.29) is 29.9 Å². The lowest BCUT2D eigenvalue weighted by molar-refractivity contribution is 0.0925. The van der Waals surface area contributed by atoms with Crippen molar-refractivity contribution in [2.75, 3.05) is 19.6 Å². The van der Waals surface area contributed by atoms with Crippen LogP contribution in [-0.2, 0) is 6.54 Å². The molecule has 0 spiro atoms. The van der Waals surface area contributed by atoms with Crippen molar-refractivity contribution < 1.29 is 9.21 Å². The first-order valence-electron chi connectivity index (χ1n) is 9.86. The van der Waals surface area contributed by atoms with E-state index in [0.29, 0.717) is 25.4 Å². The Morgan fingerprint density at radius 3 is 2.67 bits per heavy atom. The number of carbonyl (C=O) groups excluding carboxylic acids is 1. The smallest absolute Gasteiger partial charge is 0.287 e. The number of aryl methyl sites for hydroxylation is 1. The van der Waals surface area contributed by atoms with Crippen molar-refractivity contribution in [2.24, 2.45) is 4.99 Å². The molecule has 3 rings (SSSR count). The van der Waals surface area contributed by atoms with Crippen LogP contribution in [0.1, 0.15) is 35.0 Å². The van der Waals surface area contributed by atoms with Gasteiger partial charge in [-0.3, -0.25) is 9.78 Å². The average Bonchev–Trinajstić information content (AvgIpc) is 3.17. The summed E-state index contributed by atoms with van der Waals surface area (Å²) in [5.41, 5.74) is 2.94. The first-order chi connectivity index (χ1) is 14.2. The summed E-state index contributed by atoms with van der Waals surface area (Å²) in [4.78, 5) is 21.1. The van der Waals surface area contributed by atoms with Gasteiger partial charge in [0.1, 0.15) is 0 Å². The summed E-state index contributed by atoms with van der Waals surface area (Å²) in [5, 5.41) is 10.5. The Bertz CT molecular complexity index is 981. The van der Waals surface area contributed by atoms with Crippen molar-refractivity contribution in [3.63, 3.8) is 0 Å². The highest BCUT2D eigenvalue weighted by atomic mass is 127. The van der Waals surface area contributed by atoms with Gasteiger partial charge in [-0.1, -0.05) is 18.2 Å². The van der Waals surface area contributed by atoms with Crippen molar-refractivity contribution in [1.29, 1.82) is 0 Å². The van der Waals surface area contributed by atoms with Crippen LogP contribution in [0, 0.1) is 6.92 Å². The highest BCUT2D eigenvalue weighted by molar-refractivity contribution is 14.0. The van der Waals surface area contributed by atoms with Gasteiger partial charge in [-0.25, -0.2) is 4.99 Å². The predicted molar refractivity (Wildman–Crippen MR) is 130 cm³/mol. The minimum absolute atomic E-state index is 0. The molecule has 0 aliphatic heterocycles. The molecule has 3 aromatic rings. The van der Waals surface area contributed by atoms with Gasteiger partial charge in [0.15, 0.2) is 11.7 Å².